The molecule has 0 aliphatic heterocycles. The van der Waals surface area contributed by atoms with E-state index in [1.54, 1.807) is 0 Å². The van der Waals surface area contributed by atoms with E-state index in [0.29, 0.717) is 6.42 Å². The highest BCUT2D eigenvalue weighted by molar-refractivity contribution is 8.13. The van der Waals surface area contributed by atoms with Crippen LogP contribution >= 0.6 is 10.7 Å². The molecule has 0 radical (unpaired) electrons. The molecule has 0 heterocycles. The molecule has 1 atom stereocenters. The Bertz CT molecular complexity index is 598. The second kappa shape index (κ2) is 7.46. The predicted octanol–water partition coefficient (Wildman–Crippen LogP) is 3.06. The lowest BCUT2D eigenvalue weighted by molar-refractivity contribution is 0.243. The molecule has 110 valence electrons. The van der Waals surface area contributed by atoms with Crippen LogP contribution in [0.15, 0.2) is 18.2 Å². The molecule has 0 saturated heterocycles. The van der Waals surface area contributed by atoms with Gasteiger partial charge in [-0.25, -0.2) is 12.8 Å². The third-order valence-corrected chi connectivity index (χ3v) is 3.91. The first-order chi connectivity index (χ1) is 9.35. The standard InChI is InChI=1S/C13H15ClFNO3S/c1-2-3-11(9-20(14,17)18)8-19-13-5-4-10(7-16)6-12(13)15/h4-6,11H,2-3,8-9H2,1H3. The average Bonchev–Trinajstić information content (AvgIpc) is 2.35. The van der Waals surface area contributed by atoms with Crippen LogP contribution in [0.3, 0.4) is 0 Å². The molecule has 1 aromatic carbocycles. The van der Waals surface area contributed by atoms with Gasteiger partial charge in [-0.1, -0.05) is 13.3 Å². The number of rotatable bonds is 7. The second-order valence-electron chi connectivity index (χ2n) is 4.43. The normalized spacial score (nSPS) is 12.7. The minimum absolute atomic E-state index is 0.00271. The van der Waals surface area contributed by atoms with E-state index < -0.39 is 14.9 Å². The van der Waals surface area contributed by atoms with Crippen LogP contribution in [0.1, 0.15) is 25.3 Å². The van der Waals surface area contributed by atoms with Crippen LogP contribution < -0.4 is 4.74 Å². The van der Waals surface area contributed by atoms with Crippen molar-refractivity contribution in [3.8, 4) is 11.8 Å². The molecule has 0 spiro atoms. The maximum Gasteiger partial charge on any atom is 0.232 e. The van der Waals surface area contributed by atoms with Crippen molar-refractivity contribution in [2.75, 3.05) is 12.4 Å². The molecule has 0 amide bonds. The summed E-state index contributed by atoms with van der Waals surface area (Å²) in [5.74, 6) is -1.15. The number of hydrogen-bond acceptors (Lipinski definition) is 4. The van der Waals surface area contributed by atoms with E-state index in [1.807, 2.05) is 13.0 Å². The first-order valence-corrected chi connectivity index (χ1v) is 8.58. The molecule has 0 bridgehead atoms. The first kappa shape index (κ1) is 16.7. The lowest BCUT2D eigenvalue weighted by Crippen LogP contribution is -2.20. The fraction of sp³-hybridized carbons (Fsp3) is 0.462. The summed E-state index contributed by atoms with van der Waals surface area (Å²) < 4.78 is 41.0. The molecule has 0 saturated carbocycles. The van der Waals surface area contributed by atoms with E-state index in [2.05, 4.69) is 0 Å². The van der Waals surface area contributed by atoms with Gasteiger partial charge in [0, 0.05) is 16.6 Å². The Hall–Kier alpha value is -1.32. The third-order valence-electron chi connectivity index (χ3n) is 2.67. The maximum absolute atomic E-state index is 13.6. The summed E-state index contributed by atoms with van der Waals surface area (Å²) in [4.78, 5) is 0. The fourth-order valence-electron chi connectivity index (χ4n) is 1.80. The number of hydrogen-bond donors (Lipinski definition) is 0. The topological polar surface area (TPSA) is 67.2 Å². The Labute approximate surface area is 122 Å². The highest BCUT2D eigenvalue weighted by atomic mass is 35.7. The van der Waals surface area contributed by atoms with Gasteiger partial charge in [0.15, 0.2) is 11.6 Å². The summed E-state index contributed by atoms with van der Waals surface area (Å²) in [7, 11) is 1.61. The van der Waals surface area contributed by atoms with E-state index in [1.165, 1.54) is 12.1 Å². The highest BCUT2D eigenvalue weighted by Crippen LogP contribution is 2.20. The van der Waals surface area contributed by atoms with E-state index in [-0.39, 0.29) is 29.6 Å². The van der Waals surface area contributed by atoms with Crippen molar-refractivity contribution in [3.63, 3.8) is 0 Å². The smallest absolute Gasteiger partial charge is 0.232 e. The Morgan fingerprint density at radius 3 is 2.70 bits per heavy atom. The molecule has 0 fully saturated rings. The van der Waals surface area contributed by atoms with Gasteiger partial charge in [0.05, 0.1) is 24.0 Å². The van der Waals surface area contributed by atoms with Crippen LogP contribution in [0.4, 0.5) is 4.39 Å². The molecule has 1 aromatic rings. The number of benzene rings is 1. The van der Waals surface area contributed by atoms with E-state index >= 15 is 0 Å². The predicted molar refractivity (Wildman–Crippen MR) is 74.6 cm³/mol. The van der Waals surface area contributed by atoms with Crippen molar-refractivity contribution in [2.24, 2.45) is 5.92 Å². The van der Waals surface area contributed by atoms with Crippen molar-refractivity contribution >= 4 is 19.7 Å². The van der Waals surface area contributed by atoms with Gasteiger partial charge in [0.25, 0.3) is 0 Å². The van der Waals surface area contributed by atoms with Crippen LogP contribution in [0.2, 0.25) is 0 Å². The average molecular weight is 320 g/mol. The lowest BCUT2D eigenvalue weighted by atomic mass is 10.1. The summed E-state index contributed by atoms with van der Waals surface area (Å²) in [5.41, 5.74) is 0.197. The van der Waals surface area contributed by atoms with Gasteiger partial charge in [-0.3, -0.25) is 0 Å². The second-order valence-corrected chi connectivity index (χ2v) is 7.25. The van der Waals surface area contributed by atoms with Crippen LogP contribution in [0, 0.1) is 23.1 Å². The van der Waals surface area contributed by atoms with Gasteiger partial charge in [0.2, 0.25) is 9.05 Å². The van der Waals surface area contributed by atoms with Gasteiger partial charge >= 0.3 is 0 Å². The Morgan fingerprint density at radius 1 is 1.50 bits per heavy atom. The Balaban J connectivity index is 2.70. The van der Waals surface area contributed by atoms with E-state index in [4.69, 9.17) is 20.7 Å². The molecule has 0 aliphatic rings. The van der Waals surface area contributed by atoms with Crippen molar-refractivity contribution < 1.29 is 17.5 Å². The summed E-state index contributed by atoms with van der Waals surface area (Å²) in [6.45, 7) is 1.97. The maximum atomic E-state index is 13.6. The summed E-state index contributed by atoms with van der Waals surface area (Å²) in [5, 5.41) is 8.63. The van der Waals surface area contributed by atoms with Crippen molar-refractivity contribution in [1.29, 1.82) is 5.26 Å². The van der Waals surface area contributed by atoms with Crippen LogP contribution in [-0.2, 0) is 9.05 Å². The molecule has 20 heavy (non-hydrogen) atoms. The molecular weight excluding hydrogens is 305 g/mol. The summed E-state index contributed by atoms with van der Waals surface area (Å²) in [6.07, 6.45) is 1.39. The zero-order valence-corrected chi connectivity index (χ0v) is 12.5. The number of ether oxygens (including phenoxy) is 1. The molecule has 7 heteroatoms. The fourth-order valence-corrected chi connectivity index (χ4v) is 3.16. The molecule has 1 unspecified atom stereocenters. The zero-order chi connectivity index (χ0) is 15.2. The minimum atomic E-state index is -3.62. The first-order valence-electron chi connectivity index (χ1n) is 6.10. The number of nitriles is 1. The van der Waals surface area contributed by atoms with Gasteiger partial charge < -0.3 is 4.74 Å². The Kier molecular flexibility index (Phi) is 6.24. The summed E-state index contributed by atoms with van der Waals surface area (Å²) >= 11 is 0. The van der Waals surface area contributed by atoms with Crippen molar-refractivity contribution in [1.82, 2.24) is 0 Å². The Morgan fingerprint density at radius 2 is 2.20 bits per heavy atom. The zero-order valence-electron chi connectivity index (χ0n) is 11.0. The lowest BCUT2D eigenvalue weighted by Gasteiger charge is -2.15. The van der Waals surface area contributed by atoms with E-state index in [9.17, 15) is 12.8 Å². The van der Waals surface area contributed by atoms with Crippen LogP contribution in [0.25, 0.3) is 0 Å². The number of nitrogens with zero attached hydrogens (tertiary/aromatic N) is 1. The van der Waals surface area contributed by atoms with Crippen LogP contribution in [0.5, 0.6) is 5.75 Å². The molecular formula is C13H15ClFNO3S. The quantitative estimate of drug-likeness (QED) is 0.724. The minimum Gasteiger partial charge on any atom is -0.490 e. The highest BCUT2D eigenvalue weighted by Gasteiger charge is 2.18. The van der Waals surface area contributed by atoms with E-state index in [0.717, 1.165) is 12.5 Å². The summed E-state index contributed by atoms with van der Waals surface area (Å²) in [6, 6.07) is 5.68. The molecule has 4 nitrogen and oxygen atoms in total. The van der Waals surface area contributed by atoms with Gasteiger partial charge in [-0.2, -0.15) is 5.26 Å². The van der Waals surface area contributed by atoms with Crippen LogP contribution in [-0.4, -0.2) is 20.8 Å². The van der Waals surface area contributed by atoms with Gasteiger partial charge in [-0.15, -0.1) is 0 Å². The SMILES string of the molecule is CCCC(COc1ccc(C#N)cc1F)CS(=O)(=O)Cl. The van der Waals surface area contributed by atoms with Gasteiger partial charge in [0.1, 0.15) is 0 Å². The van der Waals surface area contributed by atoms with Crippen molar-refractivity contribution in [3.05, 3.63) is 29.6 Å². The molecule has 0 aliphatic carbocycles. The largest absolute Gasteiger partial charge is 0.490 e. The molecule has 0 N–H and O–H groups in total. The molecule has 0 aromatic heterocycles. The van der Waals surface area contributed by atoms with Crippen molar-refractivity contribution in [2.45, 2.75) is 19.8 Å². The third kappa shape index (κ3) is 5.76. The monoisotopic (exact) mass is 319 g/mol. The number of halogens is 2. The van der Waals surface area contributed by atoms with Gasteiger partial charge in [-0.05, 0) is 24.6 Å². The molecule has 1 rings (SSSR count).